The lowest BCUT2D eigenvalue weighted by Crippen LogP contribution is -2.50. The first-order valence-corrected chi connectivity index (χ1v) is 15.6. The van der Waals surface area contributed by atoms with Crippen LogP contribution >= 0.6 is 15.9 Å². The highest BCUT2D eigenvalue weighted by atomic mass is 79.9. The van der Waals surface area contributed by atoms with Crippen LogP contribution in [-0.2, 0) is 22.8 Å². The van der Waals surface area contributed by atoms with E-state index in [1.165, 1.54) is 41.2 Å². The highest BCUT2D eigenvalue weighted by molar-refractivity contribution is 9.09. The molecule has 3 aromatic carbocycles. The summed E-state index contributed by atoms with van der Waals surface area (Å²) in [6.07, 6.45) is 7.78. The zero-order valence-corrected chi connectivity index (χ0v) is 22.5. The molecule has 0 radical (unpaired) electrons. The predicted octanol–water partition coefficient (Wildman–Crippen LogP) is 5.77. The smallest absolute Gasteiger partial charge is 0.184 e. The molecule has 3 aromatic rings. The van der Waals surface area contributed by atoms with Crippen molar-refractivity contribution in [2.75, 3.05) is 5.33 Å². The van der Waals surface area contributed by atoms with Crippen molar-refractivity contribution in [1.29, 1.82) is 0 Å². The molecule has 2 bridgehead atoms. The fraction of sp³-hybridized carbons (Fsp3) is 0.448. The zero-order valence-electron chi connectivity index (χ0n) is 20.1. The summed E-state index contributed by atoms with van der Waals surface area (Å²) in [5, 5.41) is 10.3. The molecule has 0 unspecified atom stereocenters. The van der Waals surface area contributed by atoms with E-state index in [1.807, 2.05) is 24.3 Å². The Kier molecular flexibility index (Phi) is 7.92. The van der Waals surface area contributed by atoms with Gasteiger partial charge in [0.2, 0.25) is 0 Å². The molecule has 0 amide bonds. The van der Waals surface area contributed by atoms with Crippen LogP contribution in [0.5, 0.6) is 0 Å². The predicted molar refractivity (Wildman–Crippen MR) is 148 cm³/mol. The van der Waals surface area contributed by atoms with Crippen molar-refractivity contribution < 1.29 is 8.42 Å². The lowest BCUT2D eigenvalue weighted by Gasteiger charge is -2.30. The molecule has 4 atom stereocenters. The average Bonchev–Trinajstić information content (AvgIpc) is 3.50. The van der Waals surface area contributed by atoms with E-state index in [9.17, 15) is 8.42 Å². The summed E-state index contributed by atoms with van der Waals surface area (Å²) in [5.41, 5.74) is 2.41. The number of nitrogens with one attached hydrogen (secondary N) is 2. The van der Waals surface area contributed by atoms with Crippen molar-refractivity contribution in [3.8, 4) is 0 Å². The molecular weight excluding hydrogens is 520 g/mol. The van der Waals surface area contributed by atoms with Crippen LogP contribution in [0.3, 0.4) is 0 Å². The first-order chi connectivity index (χ1) is 17.1. The molecule has 5 rings (SSSR count). The molecule has 0 spiro atoms. The highest BCUT2D eigenvalue weighted by Crippen LogP contribution is 2.36. The molecule has 186 valence electrons. The Bertz CT molecular complexity index is 1250. The van der Waals surface area contributed by atoms with Crippen LogP contribution in [0, 0.1) is 0 Å². The number of fused-ring (bicyclic) bond motifs is 3. The summed E-state index contributed by atoms with van der Waals surface area (Å²) < 4.78 is 27.6. The van der Waals surface area contributed by atoms with Crippen LogP contribution in [0.1, 0.15) is 49.7 Å². The number of sulfone groups is 1. The number of hydrogen-bond acceptors (Lipinski definition) is 4. The van der Waals surface area contributed by atoms with Gasteiger partial charge in [-0.2, -0.15) is 0 Å². The lowest BCUT2D eigenvalue weighted by atomic mass is 9.94. The number of alkyl halides is 1. The van der Waals surface area contributed by atoms with Crippen LogP contribution in [0.15, 0.2) is 71.6 Å². The average molecular weight is 556 g/mol. The minimum absolute atomic E-state index is 0.0215. The topological polar surface area (TPSA) is 58.2 Å². The van der Waals surface area contributed by atoms with E-state index in [2.05, 4.69) is 69.0 Å². The van der Waals surface area contributed by atoms with E-state index >= 15 is 0 Å². The summed E-state index contributed by atoms with van der Waals surface area (Å²) in [6, 6.07) is 22.6. The van der Waals surface area contributed by atoms with Gasteiger partial charge < -0.3 is 10.6 Å². The molecule has 4 nitrogen and oxygen atoms in total. The van der Waals surface area contributed by atoms with Crippen LogP contribution in [0.2, 0.25) is 0 Å². The zero-order chi connectivity index (χ0) is 24.3. The van der Waals surface area contributed by atoms with Crippen LogP contribution < -0.4 is 10.6 Å². The minimum atomic E-state index is -3.44. The quantitative estimate of drug-likeness (QED) is 0.233. The Balaban J connectivity index is 1.27. The molecule has 2 saturated heterocycles. The maximum atomic E-state index is 13.8. The van der Waals surface area contributed by atoms with Crippen LogP contribution in [0.25, 0.3) is 10.8 Å². The highest BCUT2D eigenvalue weighted by Gasteiger charge is 2.53. The van der Waals surface area contributed by atoms with E-state index in [0.29, 0.717) is 11.4 Å². The minimum Gasteiger partial charge on any atom is -0.308 e. The van der Waals surface area contributed by atoms with Gasteiger partial charge in [0.05, 0.1) is 10.1 Å². The summed E-state index contributed by atoms with van der Waals surface area (Å²) in [4.78, 5) is 0.456. The molecule has 35 heavy (non-hydrogen) atoms. The summed E-state index contributed by atoms with van der Waals surface area (Å²) in [6.45, 7) is 0.667. The fourth-order valence-electron chi connectivity index (χ4n) is 5.85. The fourth-order valence-corrected chi connectivity index (χ4v) is 8.40. The molecule has 2 aliphatic heterocycles. The van der Waals surface area contributed by atoms with Crippen molar-refractivity contribution >= 4 is 36.5 Å². The van der Waals surface area contributed by atoms with Crippen LogP contribution in [-0.4, -0.2) is 37.1 Å². The van der Waals surface area contributed by atoms with E-state index in [4.69, 9.17) is 0 Å². The summed E-state index contributed by atoms with van der Waals surface area (Å²) in [7, 11) is -3.44. The number of unbranched alkanes of at least 4 members (excludes halogenated alkanes) is 3. The van der Waals surface area contributed by atoms with Crippen molar-refractivity contribution in [2.45, 2.75) is 79.8 Å². The molecule has 2 heterocycles. The molecule has 2 fully saturated rings. The maximum Gasteiger partial charge on any atom is 0.184 e. The SMILES string of the molecule is O=S(=O)(c1ccc(CCCCCCBr)cc1)[C@H]1[C@H](NCc2ccc3ccccc3c2)[C@H]2CC[C@@H]1N2. The van der Waals surface area contributed by atoms with Gasteiger partial charge in [-0.3, -0.25) is 0 Å². The second kappa shape index (κ2) is 11.1. The number of benzene rings is 3. The second-order valence-corrected chi connectivity index (χ2v) is 13.0. The first kappa shape index (κ1) is 24.9. The van der Waals surface area contributed by atoms with E-state index in [-0.39, 0.29) is 18.1 Å². The molecular formula is C29H35BrN2O2S. The van der Waals surface area contributed by atoms with Crippen molar-refractivity contribution in [2.24, 2.45) is 0 Å². The summed E-state index contributed by atoms with van der Waals surface area (Å²) in [5.74, 6) is 0. The molecule has 6 heteroatoms. The molecule has 0 aliphatic carbocycles. The number of aryl methyl sites for hydroxylation is 1. The summed E-state index contributed by atoms with van der Waals surface area (Å²) >= 11 is 3.48. The van der Waals surface area contributed by atoms with Gasteiger partial charge in [0.15, 0.2) is 9.84 Å². The van der Waals surface area contributed by atoms with Crippen molar-refractivity contribution in [3.05, 3.63) is 77.9 Å². The Hall–Kier alpha value is -1.73. The van der Waals surface area contributed by atoms with Crippen molar-refractivity contribution in [1.82, 2.24) is 10.6 Å². The monoisotopic (exact) mass is 554 g/mol. The second-order valence-electron chi connectivity index (χ2n) is 10.1. The normalized spacial score (nSPS) is 23.8. The van der Waals surface area contributed by atoms with Gasteiger partial charge >= 0.3 is 0 Å². The van der Waals surface area contributed by atoms with E-state index < -0.39 is 15.1 Å². The van der Waals surface area contributed by atoms with Gasteiger partial charge in [0.25, 0.3) is 0 Å². The van der Waals surface area contributed by atoms with Crippen molar-refractivity contribution in [3.63, 3.8) is 0 Å². The number of hydrogen-bond donors (Lipinski definition) is 2. The van der Waals surface area contributed by atoms with Gasteiger partial charge in [-0.15, -0.1) is 0 Å². The number of halogens is 1. The molecule has 2 aliphatic rings. The Morgan fingerprint density at radius 1 is 0.829 bits per heavy atom. The third kappa shape index (κ3) is 5.51. The van der Waals surface area contributed by atoms with E-state index in [0.717, 1.165) is 31.0 Å². The van der Waals surface area contributed by atoms with Gasteiger partial charge in [-0.25, -0.2) is 8.42 Å². The molecule has 0 saturated carbocycles. The molecule has 2 N–H and O–H groups in total. The Morgan fingerprint density at radius 2 is 1.54 bits per heavy atom. The molecule has 0 aromatic heterocycles. The van der Waals surface area contributed by atoms with Gasteiger partial charge in [0.1, 0.15) is 0 Å². The standard InChI is InChI=1S/C29H35BrN2O2S/c30-18-6-2-1-3-7-21-11-14-25(15-12-21)35(33,34)29-27-17-16-26(32-27)28(29)31-20-22-10-13-23-8-4-5-9-24(23)19-22/h4-5,8-15,19,26-29,31-32H,1-3,6-7,16-18,20H2/t26-,27+,28-,29-/m1/s1. The largest absolute Gasteiger partial charge is 0.308 e. The number of rotatable bonds is 11. The lowest BCUT2D eigenvalue weighted by molar-refractivity contribution is 0.409. The van der Waals surface area contributed by atoms with Crippen LogP contribution in [0.4, 0.5) is 0 Å². The van der Waals surface area contributed by atoms with Gasteiger partial charge in [-0.1, -0.05) is 77.3 Å². The van der Waals surface area contributed by atoms with Gasteiger partial charge in [-0.05, 0) is 72.2 Å². The third-order valence-corrected chi connectivity index (χ3v) is 10.5. The maximum absolute atomic E-state index is 13.8. The first-order valence-electron chi connectivity index (χ1n) is 12.9. The van der Waals surface area contributed by atoms with E-state index in [1.54, 1.807) is 0 Å². The van der Waals surface area contributed by atoms with Gasteiger partial charge in [0, 0.05) is 30.0 Å². The third-order valence-electron chi connectivity index (χ3n) is 7.72. The Labute approximate surface area is 217 Å². The Morgan fingerprint density at radius 3 is 2.34 bits per heavy atom.